The SMILES string of the molecule is Cc1cc(-n2c3ccccc3c3cc(N(c4ccccc4)c4ccccc4)ccc32)ccc1-c1cc(-c2cncnc2)cc(-c2ccc(-n3c4ccccc4c4cc(N(c5ccccc5)c5ccccc5)ccc43)cc2C)c1. The molecule has 11 aromatic carbocycles. The van der Waals surface area contributed by atoms with Crippen molar-refractivity contribution >= 4 is 77.7 Å². The number of benzene rings is 11. The van der Waals surface area contributed by atoms with E-state index in [0.717, 1.165) is 78.8 Å². The molecule has 0 spiro atoms. The number of aryl methyl sites for hydroxylation is 2. The van der Waals surface area contributed by atoms with Crippen molar-refractivity contribution in [2.24, 2.45) is 0 Å². The zero-order chi connectivity index (χ0) is 52.1. The Labute approximate surface area is 453 Å². The summed E-state index contributed by atoms with van der Waals surface area (Å²) in [6, 6.07) is 94.4. The predicted octanol–water partition coefficient (Wildman–Crippen LogP) is 19.2. The third-order valence-electron chi connectivity index (χ3n) is 15.3. The molecule has 0 aliphatic heterocycles. The van der Waals surface area contributed by atoms with Gasteiger partial charge in [-0.15, -0.1) is 0 Å². The van der Waals surface area contributed by atoms with Crippen molar-refractivity contribution in [1.29, 1.82) is 0 Å². The number of fused-ring (bicyclic) bond motifs is 6. The molecule has 0 aliphatic carbocycles. The van der Waals surface area contributed by atoms with E-state index in [1.54, 1.807) is 6.33 Å². The minimum Gasteiger partial charge on any atom is -0.310 e. The predicted molar refractivity (Wildman–Crippen MR) is 326 cm³/mol. The smallest absolute Gasteiger partial charge is 0.115 e. The molecule has 14 aromatic rings. The Balaban J connectivity index is 0.849. The molecule has 0 N–H and O–H groups in total. The lowest BCUT2D eigenvalue weighted by atomic mass is 9.91. The molecule has 0 saturated carbocycles. The van der Waals surface area contributed by atoms with Crippen LogP contribution in [0.1, 0.15) is 11.1 Å². The van der Waals surface area contributed by atoms with E-state index in [1.165, 1.54) is 54.8 Å². The lowest BCUT2D eigenvalue weighted by molar-refractivity contribution is 1.17. The van der Waals surface area contributed by atoms with E-state index < -0.39 is 0 Å². The third-order valence-corrected chi connectivity index (χ3v) is 15.3. The van der Waals surface area contributed by atoms with E-state index in [9.17, 15) is 0 Å². The van der Waals surface area contributed by atoms with Crippen LogP contribution in [0.2, 0.25) is 0 Å². The number of anilines is 6. The van der Waals surface area contributed by atoms with Crippen LogP contribution in [0.15, 0.2) is 280 Å². The number of para-hydroxylation sites is 6. The molecule has 0 aliphatic rings. The van der Waals surface area contributed by atoms with Crippen molar-refractivity contribution < 1.29 is 0 Å². The summed E-state index contributed by atoms with van der Waals surface area (Å²) in [4.78, 5) is 13.6. The van der Waals surface area contributed by atoms with Gasteiger partial charge in [-0.25, -0.2) is 9.97 Å². The summed E-state index contributed by atoms with van der Waals surface area (Å²) in [5.74, 6) is 0. The van der Waals surface area contributed by atoms with Crippen LogP contribution in [-0.2, 0) is 0 Å². The van der Waals surface area contributed by atoms with Crippen LogP contribution in [-0.4, -0.2) is 19.1 Å². The molecule has 0 radical (unpaired) electrons. The fourth-order valence-electron chi connectivity index (χ4n) is 11.7. The number of aromatic nitrogens is 4. The summed E-state index contributed by atoms with van der Waals surface area (Å²) in [6.45, 7) is 4.46. The van der Waals surface area contributed by atoms with E-state index in [0.29, 0.717) is 0 Å². The molecule has 0 amide bonds. The topological polar surface area (TPSA) is 42.1 Å². The van der Waals surface area contributed by atoms with Gasteiger partial charge >= 0.3 is 0 Å². The lowest BCUT2D eigenvalue weighted by Gasteiger charge is -2.25. The lowest BCUT2D eigenvalue weighted by Crippen LogP contribution is -2.09. The zero-order valence-corrected chi connectivity index (χ0v) is 43.2. The largest absolute Gasteiger partial charge is 0.310 e. The molecule has 6 heteroatoms. The van der Waals surface area contributed by atoms with Crippen molar-refractivity contribution in [2.45, 2.75) is 13.8 Å². The summed E-state index contributed by atoms with van der Waals surface area (Å²) in [5, 5.41) is 4.82. The van der Waals surface area contributed by atoms with E-state index in [1.807, 2.05) is 12.4 Å². The van der Waals surface area contributed by atoms with Crippen molar-refractivity contribution in [2.75, 3.05) is 9.80 Å². The summed E-state index contributed by atoms with van der Waals surface area (Å²) < 4.78 is 4.82. The summed E-state index contributed by atoms with van der Waals surface area (Å²) in [6.07, 6.45) is 5.40. The van der Waals surface area contributed by atoms with Crippen LogP contribution in [0.5, 0.6) is 0 Å². The Hall–Kier alpha value is -10.3. The van der Waals surface area contributed by atoms with Gasteiger partial charge in [-0.05, 0) is 192 Å². The van der Waals surface area contributed by atoms with Gasteiger partial charge in [0, 0.05) is 85.0 Å². The molecule has 0 bridgehead atoms. The van der Waals surface area contributed by atoms with Gasteiger partial charge in [0.1, 0.15) is 6.33 Å². The third kappa shape index (κ3) is 8.15. The maximum atomic E-state index is 4.45. The first-order chi connectivity index (χ1) is 38.5. The van der Waals surface area contributed by atoms with Gasteiger partial charge in [0.25, 0.3) is 0 Å². The summed E-state index contributed by atoms with van der Waals surface area (Å²) in [7, 11) is 0. The van der Waals surface area contributed by atoms with Crippen molar-refractivity contribution in [1.82, 2.24) is 19.1 Å². The fraction of sp³-hybridized carbons (Fsp3) is 0.0278. The fourth-order valence-corrected chi connectivity index (χ4v) is 11.7. The highest BCUT2D eigenvalue weighted by Gasteiger charge is 2.21. The monoisotopic (exact) mass is 1000 g/mol. The van der Waals surface area contributed by atoms with Crippen LogP contribution < -0.4 is 9.80 Å². The Morgan fingerprint density at radius 2 is 0.641 bits per heavy atom. The highest BCUT2D eigenvalue weighted by molar-refractivity contribution is 6.12. The Morgan fingerprint density at radius 1 is 0.282 bits per heavy atom. The second kappa shape index (κ2) is 19.4. The quantitative estimate of drug-likeness (QED) is 0.129. The van der Waals surface area contributed by atoms with Crippen LogP contribution >= 0.6 is 0 Å². The molecular formula is C72H52N6. The second-order valence-corrected chi connectivity index (χ2v) is 20.0. The normalized spacial score (nSPS) is 11.5. The van der Waals surface area contributed by atoms with Crippen LogP contribution in [0.25, 0.3) is 88.4 Å². The number of hydrogen-bond donors (Lipinski definition) is 0. The first kappa shape index (κ1) is 46.2. The van der Waals surface area contributed by atoms with Gasteiger partial charge in [-0.2, -0.15) is 0 Å². The molecular weight excluding hydrogens is 949 g/mol. The van der Waals surface area contributed by atoms with E-state index in [-0.39, 0.29) is 0 Å². The number of rotatable bonds is 11. The van der Waals surface area contributed by atoms with Crippen LogP contribution in [0.3, 0.4) is 0 Å². The Bertz CT molecular complexity index is 4160. The average molecular weight is 1000 g/mol. The van der Waals surface area contributed by atoms with Gasteiger partial charge in [0.05, 0.1) is 22.1 Å². The maximum Gasteiger partial charge on any atom is 0.115 e. The first-order valence-electron chi connectivity index (χ1n) is 26.5. The first-order valence-corrected chi connectivity index (χ1v) is 26.5. The highest BCUT2D eigenvalue weighted by Crippen LogP contribution is 2.43. The standard InChI is InChI=1S/C72H52N6/c1-49-39-59(77-69-29-17-15-27-65(69)67-44-61(33-37-71(67)77)75(55-19-7-3-8-20-55)56-21-9-4-10-22-56)31-35-63(49)52-41-51(54-46-73-48-74-47-54)42-53(43-52)64-36-32-60(40-50(64)2)78-70-30-18-16-28-66(70)68-45-62(34-38-72(68)78)76(57-23-11-5-12-24-57)58-25-13-6-14-26-58/h3-48H,1-2H3. The number of nitrogens with zero attached hydrogens (tertiary/aromatic N) is 6. The van der Waals surface area contributed by atoms with Gasteiger partial charge in [0.15, 0.2) is 0 Å². The average Bonchev–Trinajstić information content (AvgIpc) is 4.25. The van der Waals surface area contributed by atoms with Gasteiger partial charge in [-0.1, -0.05) is 121 Å². The van der Waals surface area contributed by atoms with E-state index >= 15 is 0 Å². The van der Waals surface area contributed by atoms with Crippen molar-refractivity contribution in [3.8, 4) is 44.8 Å². The van der Waals surface area contributed by atoms with Gasteiger partial charge in [-0.3, -0.25) is 0 Å². The van der Waals surface area contributed by atoms with Crippen LogP contribution in [0, 0.1) is 13.8 Å². The van der Waals surface area contributed by atoms with E-state index in [2.05, 4.69) is 304 Å². The summed E-state index contributed by atoms with van der Waals surface area (Å²) in [5.41, 5.74) is 22.5. The zero-order valence-electron chi connectivity index (χ0n) is 43.2. The molecule has 0 saturated heterocycles. The molecule has 0 atom stereocenters. The molecule has 78 heavy (non-hydrogen) atoms. The minimum absolute atomic E-state index is 0.967. The Morgan fingerprint density at radius 3 is 1.04 bits per heavy atom. The molecule has 6 nitrogen and oxygen atoms in total. The Kier molecular flexibility index (Phi) is 11.5. The van der Waals surface area contributed by atoms with Crippen molar-refractivity contribution in [3.63, 3.8) is 0 Å². The molecule has 0 unspecified atom stereocenters. The molecule has 370 valence electrons. The molecule has 14 rings (SSSR count). The molecule has 0 fully saturated rings. The maximum absolute atomic E-state index is 4.45. The van der Waals surface area contributed by atoms with Gasteiger partial charge in [0.2, 0.25) is 0 Å². The van der Waals surface area contributed by atoms with Crippen LogP contribution in [0.4, 0.5) is 34.1 Å². The summed E-state index contributed by atoms with van der Waals surface area (Å²) >= 11 is 0. The molecule has 3 aromatic heterocycles. The van der Waals surface area contributed by atoms with Gasteiger partial charge < -0.3 is 18.9 Å². The minimum atomic E-state index is 0.967. The number of hydrogen-bond acceptors (Lipinski definition) is 4. The van der Waals surface area contributed by atoms with E-state index in [4.69, 9.17) is 0 Å². The van der Waals surface area contributed by atoms with Crippen molar-refractivity contribution in [3.05, 3.63) is 291 Å². The second-order valence-electron chi connectivity index (χ2n) is 20.0. The highest BCUT2D eigenvalue weighted by atomic mass is 15.1. The molecule has 3 heterocycles.